The Morgan fingerprint density at radius 2 is 1.71 bits per heavy atom. The van der Waals surface area contributed by atoms with Gasteiger partial charge in [0, 0.05) is 42.3 Å². The van der Waals surface area contributed by atoms with Gasteiger partial charge < -0.3 is 25.4 Å². The quantitative estimate of drug-likeness (QED) is 0.224. The van der Waals surface area contributed by atoms with Crippen LogP contribution >= 0.6 is 11.6 Å². The van der Waals surface area contributed by atoms with E-state index in [4.69, 9.17) is 16.3 Å². The minimum Gasteiger partial charge on any atom is -0.497 e. The number of nitrogens with zero attached hydrogens (tertiary/aromatic N) is 1. The SMILES string of the molecule is CCCNC(=O)c1cc(C)cc(C(=O)N(CCC)[C@@H](Cc2cccc(Cl)c2)[C@H](O)CNCc2cccc(OC)c2)c1. The summed E-state index contributed by atoms with van der Waals surface area (Å²) in [7, 11) is 1.63. The van der Waals surface area contributed by atoms with Crippen molar-refractivity contribution in [3.8, 4) is 5.75 Å². The first-order valence-electron chi connectivity index (χ1n) is 14.2. The molecule has 8 heteroatoms. The van der Waals surface area contributed by atoms with Crippen molar-refractivity contribution in [1.82, 2.24) is 15.5 Å². The molecule has 0 saturated carbocycles. The molecule has 0 heterocycles. The largest absolute Gasteiger partial charge is 0.497 e. The van der Waals surface area contributed by atoms with Crippen LogP contribution in [0.2, 0.25) is 5.02 Å². The maximum Gasteiger partial charge on any atom is 0.254 e. The van der Waals surface area contributed by atoms with Crippen LogP contribution in [0.1, 0.15) is 64.1 Å². The number of amides is 2. The van der Waals surface area contributed by atoms with Gasteiger partial charge in [0.1, 0.15) is 5.75 Å². The molecule has 220 valence electrons. The molecule has 2 amide bonds. The second-order valence-electron chi connectivity index (χ2n) is 10.3. The van der Waals surface area contributed by atoms with Crippen molar-refractivity contribution >= 4 is 23.4 Å². The summed E-state index contributed by atoms with van der Waals surface area (Å²) in [6.45, 7) is 7.69. The Bertz CT molecular complexity index is 1300. The number of hydrogen-bond acceptors (Lipinski definition) is 5. The highest BCUT2D eigenvalue weighted by molar-refractivity contribution is 6.30. The molecule has 0 aromatic heterocycles. The second-order valence-corrected chi connectivity index (χ2v) is 10.7. The van der Waals surface area contributed by atoms with Gasteiger partial charge in [0.15, 0.2) is 0 Å². The number of nitrogens with one attached hydrogen (secondary N) is 2. The van der Waals surface area contributed by atoms with Crippen LogP contribution in [0.25, 0.3) is 0 Å². The third-order valence-corrected chi connectivity index (χ3v) is 7.08. The number of aliphatic hydroxyl groups excluding tert-OH is 1. The van der Waals surface area contributed by atoms with Crippen LogP contribution in [-0.2, 0) is 13.0 Å². The second kappa shape index (κ2) is 16.2. The molecule has 3 N–H and O–H groups in total. The Balaban J connectivity index is 1.88. The van der Waals surface area contributed by atoms with Gasteiger partial charge in [0.25, 0.3) is 11.8 Å². The molecule has 0 unspecified atom stereocenters. The summed E-state index contributed by atoms with van der Waals surface area (Å²) >= 11 is 6.28. The van der Waals surface area contributed by atoms with Crippen molar-refractivity contribution in [1.29, 1.82) is 0 Å². The molecule has 0 fully saturated rings. The van der Waals surface area contributed by atoms with Gasteiger partial charge in [0.2, 0.25) is 0 Å². The normalized spacial score (nSPS) is 12.4. The summed E-state index contributed by atoms with van der Waals surface area (Å²) < 4.78 is 5.32. The number of aryl methyl sites for hydroxylation is 1. The topological polar surface area (TPSA) is 90.9 Å². The molecule has 0 aliphatic rings. The standard InChI is InChI=1S/C33H42ClN3O4/c1-5-13-36-32(39)26-15-23(3)16-27(20-26)33(40)37(14-6-2)30(19-24-9-7-11-28(34)17-24)31(38)22-35-21-25-10-8-12-29(18-25)41-4/h7-12,15-18,20,30-31,35,38H,5-6,13-14,19,21-22H2,1-4H3,(H,36,39)/t30-,31+/m0/s1. The summed E-state index contributed by atoms with van der Waals surface area (Å²) in [5.41, 5.74) is 3.64. The lowest BCUT2D eigenvalue weighted by molar-refractivity contribution is 0.0353. The van der Waals surface area contributed by atoms with Crippen LogP contribution in [0.4, 0.5) is 0 Å². The average molecular weight is 580 g/mol. The van der Waals surface area contributed by atoms with E-state index in [2.05, 4.69) is 10.6 Å². The zero-order chi connectivity index (χ0) is 29.8. The average Bonchev–Trinajstić information content (AvgIpc) is 2.97. The first-order chi connectivity index (χ1) is 19.7. The molecule has 41 heavy (non-hydrogen) atoms. The molecular formula is C33H42ClN3O4. The van der Waals surface area contributed by atoms with Crippen LogP contribution in [0.5, 0.6) is 5.75 Å². The van der Waals surface area contributed by atoms with E-state index in [-0.39, 0.29) is 18.4 Å². The summed E-state index contributed by atoms with van der Waals surface area (Å²) in [4.78, 5) is 28.5. The molecule has 0 radical (unpaired) electrons. The van der Waals surface area contributed by atoms with Gasteiger partial charge in [-0.2, -0.15) is 0 Å². The van der Waals surface area contributed by atoms with Gasteiger partial charge in [-0.1, -0.05) is 49.7 Å². The van der Waals surface area contributed by atoms with E-state index in [0.717, 1.165) is 28.9 Å². The van der Waals surface area contributed by atoms with Crippen LogP contribution in [0.3, 0.4) is 0 Å². The number of hydrogen-bond donors (Lipinski definition) is 3. The van der Waals surface area contributed by atoms with E-state index < -0.39 is 12.1 Å². The van der Waals surface area contributed by atoms with Crippen molar-refractivity contribution in [2.75, 3.05) is 26.7 Å². The van der Waals surface area contributed by atoms with Gasteiger partial charge in [0.05, 0.1) is 19.3 Å². The molecule has 0 bridgehead atoms. The van der Waals surface area contributed by atoms with Crippen LogP contribution in [-0.4, -0.2) is 60.7 Å². The van der Waals surface area contributed by atoms with Crippen LogP contribution in [0, 0.1) is 6.92 Å². The number of benzene rings is 3. The Labute approximate surface area is 248 Å². The molecule has 3 aromatic carbocycles. The zero-order valence-electron chi connectivity index (χ0n) is 24.5. The Kier molecular flexibility index (Phi) is 12.7. The molecule has 3 aromatic rings. The van der Waals surface area contributed by atoms with Crippen molar-refractivity contribution in [3.63, 3.8) is 0 Å². The first-order valence-corrected chi connectivity index (χ1v) is 14.6. The molecule has 0 saturated heterocycles. The maximum absolute atomic E-state index is 14.1. The fourth-order valence-electron chi connectivity index (χ4n) is 4.85. The monoisotopic (exact) mass is 579 g/mol. The number of carbonyl (C=O) groups is 2. The summed E-state index contributed by atoms with van der Waals surface area (Å²) in [6.07, 6.45) is 1.08. The van der Waals surface area contributed by atoms with E-state index in [1.165, 1.54) is 0 Å². The molecule has 0 aliphatic heterocycles. The van der Waals surface area contributed by atoms with E-state index in [9.17, 15) is 14.7 Å². The summed E-state index contributed by atoms with van der Waals surface area (Å²) in [5.74, 6) is 0.340. The van der Waals surface area contributed by atoms with Crippen LogP contribution < -0.4 is 15.4 Å². The predicted octanol–water partition coefficient (Wildman–Crippen LogP) is 5.41. The summed E-state index contributed by atoms with van der Waals surface area (Å²) in [6, 6.07) is 19.9. The third kappa shape index (κ3) is 9.59. The Hall–Kier alpha value is -3.39. The highest BCUT2D eigenvalue weighted by atomic mass is 35.5. The van der Waals surface area contributed by atoms with E-state index in [0.29, 0.717) is 48.6 Å². The van der Waals surface area contributed by atoms with Crippen molar-refractivity contribution < 1.29 is 19.4 Å². The van der Waals surface area contributed by atoms with Crippen molar-refractivity contribution in [2.24, 2.45) is 0 Å². The highest BCUT2D eigenvalue weighted by Gasteiger charge is 2.31. The predicted molar refractivity (Wildman–Crippen MR) is 165 cm³/mol. The van der Waals surface area contributed by atoms with Gasteiger partial charge in [-0.3, -0.25) is 9.59 Å². The van der Waals surface area contributed by atoms with Crippen LogP contribution in [0.15, 0.2) is 66.7 Å². The zero-order valence-corrected chi connectivity index (χ0v) is 25.2. The Morgan fingerprint density at radius 3 is 2.41 bits per heavy atom. The van der Waals surface area contributed by atoms with Gasteiger partial charge in [-0.25, -0.2) is 0 Å². The number of aliphatic hydroxyl groups is 1. The number of rotatable bonds is 15. The fourth-order valence-corrected chi connectivity index (χ4v) is 5.06. The number of methoxy groups -OCH3 is 1. The third-order valence-electron chi connectivity index (χ3n) is 6.84. The molecule has 3 rings (SSSR count). The fraction of sp³-hybridized carbons (Fsp3) is 0.394. The highest BCUT2D eigenvalue weighted by Crippen LogP contribution is 2.21. The van der Waals surface area contributed by atoms with Gasteiger partial charge >= 0.3 is 0 Å². The van der Waals surface area contributed by atoms with Crippen molar-refractivity contribution in [2.45, 2.75) is 58.7 Å². The summed E-state index contributed by atoms with van der Waals surface area (Å²) in [5, 5.41) is 18.3. The molecule has 7 nitrogen and oxygen atoms in total. The smallest absolute Gasteiger partial charge is 0.254 e. The lowest BCUT2D eigenvalue weighted by Gasteiger charge is -2.35. The van der Waals surface area contributed by atoms with E-state index in [1.54, 1.807) is 36.3 Å². The number of halogens is 1. The van der Waals surface area contributed by atoms with E-state index >= 15 is 0 Å². The molecule has 2 atom stereocenters. The molecule has 0 spiro atoms. The maximum atomic E-state index is 14.1. The minimum absolute atomic E-state index is 0.205. The first kappa shape index (κ1) is 32.1. The van der Waals surface area contributed by atoms with Gasteiger partial charge in [-0.05, 0) is 85.3 Å². The number of ether oxygens (including phenoxy) is 1. The lowest BCUT2D eigenvalue weighted by atomic mass is 9.97. The van der Waals surface area contributed by atoms with Gasteiger partial charge in [-0.15, -0.1) is 0 Å². The molecule has 0 aliphatic carbocycles. The molecular weight excluding hydrogens is 538 g/mol. The number of carbonyl (C=O) groups excluding carboxylic acids is 2. The van der Waals surface area contributed by atoms with Crippen molar-refractivity contribution in [3.05, 3.63) is 99.6 Å². The lowest BCUT2D eigenvalue weighted by Crippen LogP contribution is -2.51. The minimum atomic E-state index is -0.868. The van der Waals surface area contributed by atoms with E-state index in [1.807, 2.05) is 63.2 Å². The Morgan fingerprint density at radius 1 is 0.976 bits per heavy atom.